The number of primary amides is 1. The highest BCUT2D eigenvalue weighted by Gasteiger charge is 2.13. The molecule has 0 aliphatic heterocycles. The zero-order chi connectivity index (χ0) is 12.4. The van der Waals surface area contributed by atoms with E-state index in [1.54, 1.807) is 25.3 Å². The highest BCUT2D eigenvalue weighted by Crippen LogP contribution is 2.14. The monoisotopic (exact) mass is 231 g/mol. The number of fused-ring (bicyclic) bond motifs is 1. The molecule has 1 heterocycles. The third-order valence-corrected chi connectivity index (χ3v) is 2.59. The number of amides is 2. The van der Waals surface area contributed by atoms with Gasteiger partial charge in [-0.1, -0.05) is 0 Å². The molecule has 2 amide bonds. The van der Waals surface area contributed by atoms with Gasteiger partial charge in [0.25, 0.3) is 5.91 Å². The molecule has 2 aromatic rings. The van der Waals surface area contributed by atoms with Crippen LogP contribution in [0.25, 0.3) is 10.9 Å². The average Bonchev–Trinajstić information content (AvgIpc) is 2.75. The van der Waals surface area contributed by atoms with Crippen LogP contribution in [0.2, 0.25) is 0 Å². The molecular formula is C12H13N3O2. The van der Waals surface area contributed by atoms with Crippen molar-refractivity contribution in [3.05, 3.63) is 36.0 Å². The second-order valence-electron chi connectivity index (χ2n) is 3.88. The smallest absolute Gasteiger partial charge is 0.251 e. The molecule has 0 spiro atoms. The minimum absolute atomic E-state index is 0.306. The first-order chi connectivity index (χ1) is 8.08. The average molecular weight is 231 g/mol. The van der Waals surface area contributed by atoms with Crippen molar-refractivity contribution in [2.45, 2.75) is 13.0 Å². The summed E-state index contributed by atoms with van der Waals surface area (Å²) in [4.78, 5) is 25.7. The SMILES string of the molecule is CC(NC(=O)c1ccc2[nH]ccc2c1)C(N)=O. The molecule has 0 aliphatic rings. The Morgan fingerprint density at radius 2 is 2.12 bits per heavy atom. The molecule has 1 aromatic carbocycles. The highest BCUT2D eigenvalue weighted by atomic mass is 16.2. The number of carbonyl (C=O) groups excluding carboxylic acids is 2. The maximum Gasteiger partial charge on any atom is 0.251 e. The molecule has 0 fully saturated rings. The van der Waals surface area contributed by atoms with Gasteiger partial charge in [0.2, 0.25) is 5.91 Å². The Hall–Kier alpha value is -2.30. The fraction of sp³-hybridized carbons (Fsp3) is 0.167. The molecule has 0 radical (unpaired) electrons. The van der Waals surface area contributed by atoms with Gasteiger partial charge in [0.15, 0.2) is 0 Å². The molecule has 0 saturated carbocycles. The van der Waals surface area contributed by atoms with Crippen molar-refractivity contribution >= 4 is 22.7 Å². The van der Waals surface area contributed by atoms with Gasteiger partial charge in [-0.15, -0.1) is 0 Å². The Morgan fingerprint density at radius 1 is 1.35 bits per heavy atom. The fourth-order valence-corrected chi connectivity index (χ4v) is 1.55. The normalized spacial score (nSPS) is 12.3. The van der Waals surface area contributed by atoms with Crippen LogP contribution in [0.3, 0.4) is 0 Å². The lowest BCUT2D eigenvalue weighted by molar-refractivity contribution is -0.119. The Morgan fingerprint density at radius 3 is 2.82 bits per heavy atom. The Bertz CT molecular complexity index is 574. The summed E-state index contributed by atoms with van der Waals surface area (Å²) in [6.07, 6.45) is 1.80. The molecule has 0 saturated heterocycles. The molecular weight excluding hydrogens is 218 g/mol. The Labute approximate surface area is 98.0 Å². The van der Waals surface area contributed by atoms with E-state index in [1.807, 2.05) is 12.1 Å². The van der Waals surface area contributed by atoms with Crippen LogP contribution in [-0.4, -0.2) is 22.8 Å². The number of aromatic amines is 1. The minimum Gasteiger partial charge on any atom is -0.368 e. The number of nitrogens with one attached hydrogen (secondary N) is 2. The molecule has 1 aromatic heterocycles. The summed E-state index contributed by atoms with van der Waals surface area (Å²) in [6, 6.07) is 6.48. The molecule has 5 nitrogen and oxygen atoms in total. The van der Waals surface area contributed by atoms with Crippen molar-refractivity contribution in [2.24, 2.45) is 5.73 Å². The Kier molecular flexibility index (Phi) is 2.82. The van der Waals surface area contributed by atoms with Gasteiger partial charge in [-0.25, -0.2) is 0 Å². The van der Waals surface area contributed by atoms with E-state index in [4.69, 9.17) is 5.73 Å². The van der Waals surface area contributed by atoms with E-state index < -0.39 is 11.9 Å². The second kappa shape index (κ2) is 4.29. The number of carbonyl (C=O) groups is 2. The van der Waals surface area contributed by atoms with E-state index in [9.17, 15) is 9.59 Å². The van der Waals surface area contributed by atoms with E-state index in [0.29, 0.717) is 5.56 Å². The molecule has 0 aliphatic carbocycles. The summed E-state index contributed by atoms with van der Waals surface area (Å²) in [5.74, 6) is -0.861. The third-order valence-electron chi connectivity index (χ3n) is 2.59. The van der Waals surface area contributed by atoms with E-state index in [2.05, 4.69) is 10.3 Å². The number of aromatic nitrogens is 1. The van der Waals surface area contributed by atoms with E-state index >= 15 is 0 Å². The van der Waals surface area contributed by atoms with E-state index in [1.165, 1.54) is 0 Å². The topological polar surface area (TPSA) is 88.0 Å². The van der Waals surface area contributed by atoms with Crippen LogP contribution in [0.15, 0.2) is 30.5 Å². The summed E-state index contributed by atoms with van der Waals surface area (Å²) in [7, 11) is 0. The first kappa shape index (κ1) is 11.2. The van der Waals surface area contributed by atoms with Crippen molar-refractivity contribution in [1.82, 2.24) is 10.3 Å². The van der Waals surface area contributed by atoms with Gasteiger partial charge < -0.3 is 16.0 Å². The summed E-state index contributed by atoms with van der Waals surface area (Å²) >= 11 is 0. The van der Waals surface area contributed by atoms with Crippen LogP contribution in [0.1, 0.15) is 17.3 Å². The van der Waals surface area contributed by atoms with Gasteiger partial charge in [0, 0.05) is 22.7 Å². The van der Waals surface area contributed by atoms with Crippen molar-refractivity contribution in [3.8, 4) is 0 Å². The van der Waals surface area contributed by atoms with Crippen LogP contribution in [-0.2, 0) is 4.79 Å². The van der Waals surface area contributed by atoms with Crippen LogP contribution >= 0.6 is 0 Å². The fourth-order valence-electron chi connectivity index (χ4n) is 1.55. The number of H-pyrrole nitrogens is 1. The first-order valence-corrected chi connectivity index (χ1v) is 5.25. The summed E-state index contributed by atoms with van der Waals surface area (Å²) in [6.45, 7) is 1.55. The van der Waals surface area contributed by atoms with Gasteiger partial charge in [-0.3, -0.25) is 9.59 Å². The van der Waals surface area contributed by atoms with Gasteiger partial charge in [0.05, 0.1) is 0 Å². The number of hydrogen-bond donors (Lipinski definition) is 3. The summed E-state index contributed by atoms with van der Waals surface area (Å²) < 4.78 is 0. The Balaban J connectivity index is 2.21. The van der Waals surface area contributed by atoms with Gasteiger partial charge in [0.1, 0.15) is 6.04 Å². The van der Waals surface area contributed by atoms with Gasteiger partial charge >= 0.3 is 0 Å². The molecule has 2 rings (SSSR count). The molecule has 1 atom stereocenters. The van der Waals surface area contributed by atoms with Crippen LogP contribution in [0.5, 0.6) is 0 Å². The number of rotatable bonds is 3. The largest absolute Gasteiger partial charge is 0.368 e. The minimum atomic E-state index is -0.676. The van der Waals surface area contributed by atoms with Gasteiger partial charge in [-0.05, 0) is 31.2 Å². The lowest BCUT2D eigenvalue weighted by Crippen LogP contribution is -2.42. The molecule has 5 heteroatoms. The number of nitrogens with two attached hydrogens (primary N) is 1. The summed E-state index contributed by atoms with van der Waals surface area (Å²) in [5.41, 5.74) is 6.55. The standard InChI is InChI=1S/C12H13N3O2/c1-7(11(13)16)15-12(17)9-2-3-10-8(6-9)4-5-14-10/h2-7,14H,1H3,(H2,13,16)(H,15,17). The predicted molar refractivity (Wildman–Crippen MR) is 64.4 cm³/mol. The van der Waals surface area contributed by atoms with Crippen molar-refractivity contribution in [3.63, 3.8) is 0 Å². The first-order valence-electron chi connectivity index (χ1n) is 5.25. The number of hydrogen-bond acceptors (Lipinski definition) is 2. The summed E-state index contributed by atoms with van der Waals surface area (Å²) in [5, 5.41) is 3.48. The van der Waals surface area contributed by atoms with Crippen LogP contribution in [0, 0.1) is 0 Å². The van der Waals surface area contributed by atoms with Crippen molar-refractivity contribution < 1.29 is 9.59 Å². The molecule has 0 bridgehead atoms. The highest BCUT2D eigenvalue weighted by molar-refractivity contribution is 6.00. The van der Waals surface area contributed by atoms with Crippen molar-refractivity contribution in [2.75, 3.05) is 0 Å². The quantitative estimate of drug-likeness (QED) is 0.728. The van der Waals surface area contributed by atoms with E-state index in [-0.39, 0.29) is 5.91 Å². The van der Waals surface area contributed by atoms with Gasteiger partial charge in [-0.2, -0.15) is 0 Å². The maximum absolute atomic E-state index is 11.8. The van der Waals surface area contributed by atoms with Crippen LogP contribution in [0.4, 0.5) is 0 Å². The molecule has 88 valence electrons. The second-order valence-corrected chi connectivity index (χ2v) is 3.88. The lowest BCUT2D eigenvalue weighted by atomic mass is 10.1. The third kappa shape index (κ3) is 2.28. The molecule has 4 N–H and O–H groups in total. The molecule has 17 heavy (non-hydrogen) atoms. The zero-order valence-corrected chi connectivity index (χ0v) is 9.36. The zero-order valence-electron chi connectivity index (χ0n) is 9.36. The number of benzene rings is 1. The lowest BCUT2D eigenvalue weighted by Gasteiger charge is -2.09. The molecule has 1 unspecified atom stereocenters. The predicted octanol–water partition coefficient (Wildman–Crippen LogP) is 0.772. The van der Waals surface area contributed by atoms with Crippen LogP contribution < -0.4 is 11.1 Å². The maximum atomic E-state index is 11.8. The van der Waals surface area contributed by atoms with Crippen molar-refractivity contribution in [1.29, 1.82) is 0 Å². The van der Waals surface area contributed by atoms with E-state index in [0.717, 1.165) is 10.9 Å².